The number of thiocarbonyl (C=S) groups is 1. The minimum atomic E-state index is -0.220. The van der Waals surface area contributed by atoms with Crippen molar-refractivity contribution in [1.29, 1.82) is 0 Å². The Balaban J connectivity index is 1.50. The van der Waals surface area contributed by atoms with Crippen LogP contribution in [-0.4, -0.2) is 23.7 Å². The molecule has 1 aliphatic rings. The van der Waals surface area contributed by atoms with Crippen LogP contribution in [0.4, 0.5) is 0 Å². The molecule has 0 saturated heterocycles. The molecule has 2 aromatic rings. The average molecular weight is 447 g/mol. The van der Waals surface area contributed by atoms with Gasteiger partial charge < -0.3 is 10.1 Å². The largest absolute Gasteiger partial charge is 0.492 e. The van der Waals surface area contributed by atoms with Crippen molar-refractivity contribution in [2.45, 2.75) is 38.1 Å². The normalized spacial score (nSPS) is 14.0. The number of rotatable bonds is 6. The van der Waals surface area contributed by atoms with E-state index in [2.05, 4.69) is 38.7 Å². The minimum absolute atomic E-state index is 0.220. The lowest BCUT2D eigenvalue weighted by Crippen LogP contribution is -2.43. The van der Waals surface area contributed by atoms with Crippen LogP contribution in [0.5, 0.6) is 5.75 Å². The van der Waals surface area contributed by atoms with Gasteiger partial charge in [-0.2, -0.15) is 0 Å². The Morgan fingerprint density at radius 3 is 2.59 bits per heavy atom. The lowest BCUT2D eigenvalue weighted by Gasteiger charge is -2.15. The van der Waals surface area contributed by atoms with E-state index in [-0.39, 0.29) is 5.91 Å². The summed E-state index contributed by atoms with van der Waals surface area (Å²) in [4.78, 5) is 12.4. The molecule has 2 N–H and O–H groups in total. The van der Waals surface area contributed by atoms with Crippen LogP contribution in [0.25, 0.3) is 0 Å². The highest BCUT2D eigenvalue weighted by Gasteiger charge is 2.17. The minimum Gasteiger partial charge on any atom is -0.492 e. The molecule has 142 valence electrons. The van der Waals surface area contributed by atoms with Gasteiger partial charge in [0.25, 0.3) is 5.91 Å². The molecule has 4 nitrogen and oxygen atoms in total. The number of carbonyl (C=O) groups excluding carboxylic acids is 1. The van der Waals surface area contributed by atoms with Gasteiger partial charge >= 0.3 is 0 Å². The van der Waals surface area contributed by atoms with Gasteiger partial charge in [0.1, 0.15) is 5.75 Å². The van der Waals surface area contributed by atoms with Crippen molar-refractivity contribution in [3.05, 3.63) is 64.1 Å². The Morgan fingerprint density at radius 2 is 1.89 bits per heavy atom. The monoisotopic (exact) mass is 446 g/mol. The zero-order valence-corrected chi connectivity index (χ0v) is 17.4. The van der Waals surface area contributed by atoms with Crippen LogP contribution in [0.15, 0.2) is 53.0 Å². The SMILES string of the molecule is O=C(NC(=S)NC1CCCC1)c1ccc(OCCc2ccccc2)c(Br)c1. The van der Waals surface area contributed by atoms with Crippen molar-refractivity contribution >= 4 is 39.2 Å². The fourth-order valence-electron chi connectivity index (χ4n) is 3.15. The summed E-state index contributed by atoms with van der Waals surface area (Å²) >= 11 is 8.74. The molecule has 0 radical (unpaired) electrons. The molecule has 0 aromatic heterocycles. The predicted octanol–water partition coefficient (Wildman–Crippen LogP) is 4.62. The number of ether oxygens (including phenoxy) is 1. The van der Waals surface area contributed by atoms with Gasteiger partial charge in [0.2, 0.25) is 0 Å². The van der Waals surface area contributed by atoms with Gasteiger partial charge in [-0.25, -0.2) is 0 Å². The van der Waals surface area contributed by atoms with Gasteiger partial charge in [-0.15, -0.1) is 0 Å². The summed E-state index contributed by atoms with van der Waals surface area (Å²) in [6, 6.07) is 15.9. The first-order valence-corrected chi connectivity index (χ1v) is 10.4. The van der Waals surface area contributed by atoms with Crippen LogP contribution in [0.3, 0.4) is 0 Å². The molecule has 1 aliphatic carbocycles. The van der Waals surface area contributed by atoms with Crippen LogP contribution in [0.1, 0.15) is 41.6 Å². The zero-order valence-electron chi connectivity index (χ0n) is 15.0. The number of hydrogen-bond donors (Lipinski definition) is 2. The van der Waals surface area contributed by atoms with E-state index >= 15 is 0 Å². The van der Waals surface area contributed by atoms with Crippen molar-refractivity contribution in [2.75, 3.05) is 6.61 Å². The highest BCUT2D eigenvalue weighted by molar-refractivity contribution is 9.10. The average Bonchev–Trinajstić information content (AvgIpc) is 3.16. The summed E-state index contributed by atoms with van der Waals surface area (Å²) in [5.74, 6) is 0.496. The third-order valence-electron chi connectivity index (χ3n) is 4.60. The number of amides is 1. The molecule has 0 aliphatic heterocycles. The first-order valence-electron chi connectivity index (χ1n) is 9.20. The molecule has 0 unspecified atom stereocenters. The molecule has 1 amide bonds. The zero-order chi connectivity index (χ0) is 19.1. The first-order chi connectivity index (χ1) is 13.1. The standard InChI is InChI=1S/C21H23BrN2O2S/c22-18-14-16(20(25)24-21(27)23-17-8-4-5-9-17)10-11-19(18)26-13-12-15-6-2-1-3-7-15/h1-3,6-7,10-11,14,17H,4-5,8-9,12-13H2,(H2,23,24,25,27). The Labute approximate surface area is 173 Å². The fourth-order valence-corrected chi connectivity index (χ4v) is 3.90. The van der Waals surface area contributed by atoms with Crippen LogP contribution >= 0.6 is 28.1 Å². The fraction of sp³-hybridized carbons (Fsp3) is 0.333. The van der Waals surface area contributed by atoms with E-state index < -0.39 is 0 Å². The summed E-state index contributed by atoms with van der Waals surface area (Å²) in [5, 5.41) is 6.36. The second kappa shape index (κ2) is 9.85. The molecule has 2 aromatic carbocycles. The summed E-state index contributed by atoms with van der Waals surface area (Å²) in [7, 11) is 0. The maximum absolute atomic E-state index is 12.4. The van der Waals surface area contributed by atoms with Crippen molar-refractivity contribution in [2.24, 2.45) is 0 Å². The molecule has 0 spiro atoms. The predicted molar refractivity (Wildman–Crippen MR) is 115 cm³/mol. The Kier molecular flexibility index (Phi) is 7.24. The summed E-state index contributed by atoms with van der Waals surface area (Å²) in [6.45, 7) is 0.573. The van der Waals surface area contributed by atoms with Gasteiger partial charge in [0, 0.05) is 18.0 Å². The first kappa shape index (κ1) is 19.8. The van der Waals surface area contributed by atoms with Crippen molar-refractivity contribution in [3.8, 4) is 5.75 Å². The summed E-state index contributed by atoms with van der Waals surface area (Å²) in [5.41, 5.74) is 1.76. The van der Waals surface area contributed by atoms with E-state index in [1.807, 2.05) is 18.2 Å². The van der Waals surface area contributed by atoms with E-state index in [4.69, 9.17) is 17.0 Å². The van der Waals surface area contributed by atoms with E-state index in [1.54, 1.807) is 18.2 Å². The van der Waals surface area contributed by atoms with E-state index in [0.29, 0.717) is 29.1 Å². The van der Waals surface area contributed by atoms with Crippen LogP contribution in [0, 0.1) is 0 Å². The quantitative estimate of drug-likeness (QED) is 0.635. The smallest absolute Gasteiger partial charge is 0.257 e. The van der Waals surface area contributed by atoms with Crippen molar-refractivity contribution < 1.29 is 9.53 Å². The van der Waals surface area contributed by atoms with E-state index in [0.717, 1.165) is 23.7 Å². The number of nitrogens with one attached hydrogen (secondary N) is 2. The highest BCUT2D eigenvalue weighted by Crippen LogP contribution is 2.26. The number of halogens is 1. The van der Waals surface area contributed by atoms with Gasteiger partial charge in [-0.3, -0.25) is 10.1 Å². The number of hydrogen-bond acceptors (Lipinski definition) is 3. The molecule has 3 rings (SSSR count). The second-order valence-corrected chi connectivity index (χ2v) is 7.90. The van der Waals surface area contributed by atoms with Gasteiger partial charge in [0.05, 0.1) is 11.1 Å². The lowest BCUT2D eigenvalue weighted by atomic mass is 10.2. The van der Waals surface area contributed by atoms with Crippen LogP contribution in [0.2, 0.25) is 0 Å². The maximum Gasteiger partial charge on any atom is 0.257 e. The lowest BCUT2D eigenvalue weighted by molar-refractivity contribution is 0.0976. The molecule has 1 saturated carbocycles. The molecule has 27 heavy (non-hydrogen) atoms. The van der Waals surface area contributed by atoms with Crippen molar-refractivity contribution in [1.82, 2.24) is 10.6 Å². The molecule has 6 heteroatoms. The number of carbonyl (C=O) groups is 1. The van der Waals surface area contributed by atoms with Crippen molar-refractivity contribution in [3.63, 3.8) is 0 Å². The molecule has 0 bridgehead atoms. The second-order valence-electron chi connectivity index (χ2n) is 6.64. The summed E-state index contributed by atoms with van der Waals surface area (Å²) < 4.78 is 6.58. The van der Waals surface area contributed by atoms with Gasteiger partial charge in [-0.05, 0) is 64.8 Å². The van der Waals surface area contributed by atoms with Crippen LogP contribution in [-0.2, 0) is 6.42 Å². The topological polar surface area (TPSA) is 50.4 Å². The third-order valence-corrected chi connectivity index (χ3v) is 5.44. The maximum atomic E-state index is 12.4. The molecular formula is C21H23BrN2O2S. The molecular weight excluding hydrogens is 424 g/mol. The van der Waals surface area contributed by atoms with Gasteiger partial charge in [0.15, 0.2) is 5.11 Å². The van der Waals surface area contributed by atoms with E-state index in [9.17, 15) is 4.79 Å². The van der Waals surface area contributed by atoms with Gasteiger partial charge in [-0.1, -0.05) is 43.2 Å². The summed E-state index contributed by atoms with van der Waals surface area (Å²) in [6.07, 6.45) is 5.48. The Bertz CT molecular complexity index is 792. The Morgan fingerprint density at radius 1 is 1.15 bits per heavy atom. The molecule has 0 atom stereocenters. The van der Waals surface area contributed by atoms with E-state index in [1.165, 1.54) is 18.4 Å². The highest BCUT2D eigenvalue weighted by atomic mass is 79.9. The third kappa shape index (κ3) is 6.04. The number of benzene rings is 2. The Hall–Kier alpha value is -1.92. The van der Waals surface area contributed by atoms with Crippen LogP contribution < -0.4 is 15.4 Å². The molecule has 0 heterocycles. The molecule has 1 fully saturated rings.